The molecule has 0 saturated heterocycles. The largest absolute Gasteiger partial charge is 0.467 e. The third-order valence-corrected chi connectivity index (χ3v) is 7.34. The van der Waals surface area contributed by atoms with Crippen LogP contribution in [0.1, 0.15) is 38.4 Å². The fourth-order valence-corrected chi connectivity index (χ4v) is 5.35. The van der Waals surface area contributed by atoms with E-state index in [2.05, 4.69) is 11.1 Å². The molecule has 4 rings (SSSR count). The molecule has 1 aliphatic rings. The zero-order valence-corrected chi connectivity index (χ0v) is 19.5. The van der Waals surface area contributed by atoms with Crippen molar-refractivity contribution in [3.8, 4) is 0 Å². The molecule has 8 nitrogen and oxygen atoms in total. The molecule has 2 heterocycles. The number of nitrogens with two attached hydrogens (primary N) is 1. The number of carbonyl (C=O) groups is 1. The van der Waals surface area contributed by atoms with Crippen LogP contribution in [0.25, 0.3) is 11.0 Å². The second-order valence-electron chi connectivity index (χ2n) is 7.62. The number of rotatable bonds is 8. The molecule has 0 radical (unpaired) electrons. The second-order valence-corrected chi connectivity index (χ2v) is 10.1. The van der Waals surface area contributed by atoms with Crippen LogP contribution in [-0.4, -0.2) is 34.5 Å². The minimum Gasteiger partial charge on any atom is -0.467 e. The number of amides is 1. The summed E-state index contributed by atoms with van der Waals surface area (Å²) in [7, 11) is -3.81. The molecule has 0 aliphatic heterocycles. The van der Waals surface area contributed by atoms with Crippen molar-refractivity contribution in [1.29, 1.82) is 0 Å². The molecule has 1 amide bonds. The number of imidazole rings is 1. The molecule has 0 saturated carbocycles. The van der Waals surface area contributed by atoms with Crippen LogP contribution in [0.15, 0.2) is 62.8 Å². The molecule has 10 heteroatoms. The number of aryl methyl sites for hydroxylation is 1. The van der Waals surface area contributed by atoms with Crippen LogP contribution in [0.5, 0.6) is 0 Å². The number of benzene rings is 1. The van der Waals surface area contributed by atoms with E-state index in [0.29, 0.717) is 23.8 Å². The molecule has 1 aliphatic carbocycles. The highest BCUT2D eigenvalue weighted by Crippen LogP contribution is 2.28. The Balaban J connectivity index is 1.56. The molecule has 0 bridgehead atoms. The van der Waals surface area contributed by atoms with Crippen molar-refractivity contribution < 1.29 is 17.6 Å². The average molecular weight is 475 g/mol. The first kappa shape index (κ1) is 22.6. The standard InChI is InChI=1S/C22H26N4O4S2/c1-2-25-20-11-10-18(32(23,28)29)13-19(20)24-22(25)31-15-21(27)26(14-17-9-6-12-30-17)16-7-4-3-5-8-16/h6-7,9-13H,2-5,8,14-15H2,1H3,(H2,23,28,29). The summed E-state index contributed by atoms with van der Waals surface area (Å²) in [6.45, 7) is 3.03. The maximum Gasteiger partial charge on any atom is 0.238 e. The predicted octanol–water partition coefficient (Wildman–Crippen LogP) is 3.88. The number of thioether (sulfide) groups is 1. The summed E-state index contributed by atoms with van der Waals surface area (Å²) < 4.78 is 30.8. The molecule has 0 fully saturated rings. The maximum atomic E-state index is 13.2. The van der Waals surface area contributed by atoms with Gasteiger partial charge >= 0.3 is 0 Å². The van der Waals surface area contributed by atoms with Crippen LogP contribution < -0.4 is 5.14 Å². The summed E-state index contributed by atoms with van der Waals surface area (Å²) in [6, 6.07) is 8.34. The van der Waals surface area contributed by atoms with Crippen LogP contribution in [-0.2, 0) is 27.9 Å². The Morgan fingerprint density at radius 2 is 2.16 bits per heavy atom. The first-order valence-electron chi connectivity index (χ1n) is 10.5. The van der Waals surface area contributed by atoms with Crippen LogP contribution in [0.4, 0.5) is 0 Å². The molecular formula is C22H26N4O4S2. The Bertz CT molecular complexity index is 1250. The Kier molecular flexibility index (Phi) is 6.73. The lowest BCUT2D eigenvalue weighted by Crippen LogP contribution is -2.32. The zero-order chi connectivity index (χ0) is 22.7. The van der Waals surface area contributed by atoms with E-state index in [1.807, 2.05) is 28.5 Å². The van der Waals surface area contributed by atoms with E-state index >= 15 is 0 Å². The van der Waals surface area contributed by atoms with E-state index in [1.54, 1.807) is 12.3 Å². The fraction of sp³-hybridized carbons (Fsp3) is 0.364. The highest BCUT2D eigenvalue weighted by Gasteiger charge is 2.22. The van der Waals surface area contributed by atoms with Gasteiger partial charge in [-0.15, -0.1) is 0 Å². The number of aromatic nitrogens is 2. The van der Waals surface area contributed by atoms with E-state index in [9.17, 15) is 13.2 Å². The van der Waals surface area contributed by atoms with Crippen molar-refractivity contribution in [3.63, 3.8) is 0 Å². The summed E-state index contributed by atoms with van der Waals surface area (Å²) in [5, 5.41) is 5.92. The highest BCUT2D eigenvalue weighted by atomic mass is 32.2. The summed E-state index contributed by atoms with van der Waals surface area (Å²) in [5.41, 5.74) is 2.38. The van der Waals surface area contributed by atoms with E-state index in [0.717, 1.165) is 42.7 Å². The summed E-state index contributed by atoms with van der Waals surface area (Å²) in [4.78, 5) is 19.6. The minimum atomic E-state index is -3.81. The van der Waals surface area contributed by atoms with Gasteiger partial charge in [0.25, 0.3) is 0 Å². The summed E-state index contributed by atoms with van der Waals surface area (Å²) in [6.07, 6.45) is 7.82. The molecule has 3 aromatic rings. The smallest absolute Gasteiger partial charge is 0.238 e. The monoisotopic (exact) mass is 474 g/mol. The fourth-order valence-electron chi connectivity index (χ4n) is 3.86. The molecule has 0 unspecified atom stereocenters. The molecule has 1 aromatic carbocycles. The second kappa shape index (κ2) is 9.51. The van der Waals surface area contributed by atoms with Gasteiger partial charge < -0.3 is 13.9 Å². The SMILES string of the molecule is CCn1c(SCC(=O)N(Cc2ccco2)C2=CCCCC2)nc2cc(S(N)(=O)=O)ccc21. The molecule has 0 atom stereocenters. The van der Waals surface area contributed by atoms with Gasteiger partial charge in [-0.25, -0.2) is 18.5 Å². The highest BCUT2D eigenvalue weighted by molar-refractivity contribution is 7.99. The lowest BCUT2D eigenvalue weighted by atomic mass is 10.0. The van der Waals surface area contributed by atoms with Crippen molar-refractivity contribution in [1.82, 2.24) is 14.5 Å². The van der Waals surface area contributed by atoms with Crippen molar-refractivity contribution in [2.75, 3.05) is 5.75 Å². The first-order chi connectivity index (χ1) is 15.4. The van der Waals surface area contributed by atoms with Crippen LogP contribution in [0.3, 0.4) is 0 Å². The van der Waals surface area contributed by atoms with Gasteiger partial charge in [0.05, 0.1) is 34.5 Å². The number of furan rings is 1. The van der Waals surface area contributed by atoms with Crippen LogP contribution in [0.2, 0.25) is 0 Å². The molecule has 32 heavy (non-hydrogen) atoms. The molecule has 2 N–H and O–H groups in total. The molecular weight excluding hydrogens is 448 g/mol. The van der Waals surface area contributed by atoms with Gasteiger partial charge in [-0.3, -0.25) is 4.79 Å². The normalized spacial score (nSPS) is 14.5. The van der Waals surface area contributed by atoms with Crippen molar-refractivity contribution in [2.45, 2.75) is 55.7 Å². The Morgan fingerprint density at radius 1 is 1.31 bits per heavy atom. The van der Waals surface area contributed by atoms with E-state index in [-0.39, 0.29) is 16.6 Å². The van der Waals surface area contributed by atoms with Gasteiger partial charge in [0.15, 0.2) is 5.16 Å². The van der Waals surface area contributed by atoms with E-state index in [4.69, 9.17) is 9.56 Å². The van der Waals surface area contributed by atoms with Gasteiger partial charge in [-0.1, -0.05) is 17.8 Å². The van der Waals surface area contributed by atoms with Crippen molar-refractivity contribution in [3.05, 3.63) is 54.1 Å². The van der Waals surface area contributed by atoms with Gasteiger partial charge in [0.1, 0.15) is 5.76 Å². The molecule has 0 spiro atoms. The Morgan fingerprint density at radius 3 is 2.81 bits per heavy atom. The number of nitrogens with zero attached hydrogens (tertiary/aromatic N) is 3. The first-order valence-corrected chi connectivity index (χ1v) is 13.1. The van der Waals surface area contributed by atoms with Gasteiger partial charge in [-0.05, 0) is 62.9 Å². The number of hydrogen-bond donors (Lipinski definition) is 1. The summed E-state index contributed by atoms with van der Waals surface area (Å²) >= 11 is 1.35. The molecule has 170 valence electrons. The number of allylic oxidation sites excluding steroid dienone is 2. The van der Waals surface area contributed by atoms with Gasteiger partial charge in [-0.2, -0.15) is 0 Å². The topological polar surface area (TPSA) is 111 Å². The Labute approximate surface area is 191 Å². The Hall–Kier alpha value is -2.56. The van der Waals surface area contributed by atoms with Crippen LogP contribution in [0, 0.1) is 0 Å². The minimum absolute atomic E-state index is 0.0144. The van der Waals surface area contributed by atoms with Crippen molar-refractivity contribution >= 4 is 38.7 Å². The zero-order valence-electron chi connectivity index (χ0n) is 17.9. The van der Waals surface area contributed by atoms with Crippen LogP contribution >= 0.6 is 11.8 Å². The van der Waals surface area contributed by atoms with E-state index in [1.165, 1.54) is 23.9 Å². The third-order valence-electron chi connectivity index (χ3n) is 5.46. The number of primary sulfonamides is 1. The number of fused-ring (bicyclic) bond motifs is 1. The van der Waals surface area contributed by atoms with E-state index < -0.39 is 10.0 Å². The number of hydrogen-bond acceptors (Lipinski definition) is 6. The number of sulfonamides is 1. The summed E-state index contributed by atoms with van der Waals surface area (Å²) in [5.74, 6) is 0.939. The van der Waals surface area contributed by atoms with Gasteiger partial charge in [0, 0.05) is 12.2 Å². The van der Waals surface area contributed by atoms with Crippen molar-refractivity contribution in [2.24, 2.45) is 5.14 Å². The average Bonchev–Trinajstić information content (AvgIpc) is 3.42. The van der Waals surface area contributed by atoms with Gasteiger partial charge in [0.2, 0.25) is 15.9 Å². The predicted molar refractivity (Wildman–Crippen MR) is 123 cm³/mol. The number of carbonyl (C=O) groups excluding carboxylic acids is 1. The third kappa shape index (κ3) is 4.92. The quantitative estimate of drug-likeness (QED) is 0.496. The lowest BCUT2D eigenvalue weighted by Gasteiger charge is -2.27. The lowest BCUT2D eigenvalue weighted by molar-refractivity contribution is -0.127. The molecule has 2 aromatic heterocycles. The maximum absolute atomic E-state index is 13.2.